The fourth-order valence-corrected chi connectivity index (χ4v) is 3.08. The first-order valence-corrected chi connectivity index (χ1v) is 9.71. The molecule has 3 N–H and O–H groups in total. The van der Waals surface area contributed by atoms with Crippen molar-refractivity contribution in [3.8, 4) is 0 Å². The second kappa shape index (κ2) is 14.4. The number of methoxy groups -OCH3 is 1. The maximum Gasteiger partial charge on any atom is 0.411 e. The van der Waals surface area contributed by atoms with Crippen LogP contribution in [-0.2, 0) is 16.0 Å². The molecule has 0 aliphatic heterocycles. The number of aliphatic imine (C=N–C) groups is 1. The molecule has 1 amide bonds. The SMILES string of the molecule is CN=C(NCCOC1CCCCCC1)NCc1ccc(NC(=O)OC)cc1.I. The molecule has 8 heteroatoms. The molecule has 0 saturated heterocycles. The standard InChI is InChI=1S/C20H32N4O3.HI/c1-21-19(22-13-14-27-18-7-5-3-4-6-8-18)23-15-16-9-11-17(12-10-16)24-20(25)26-2;/h9-12,18H,3-8,13-15H2,1-2H3,(H,24,25)(H2,21,22,23);1H. The van der Waals surface area contributed by atoms with Crippen LogP contribution < -0.4 is 16.0 Å². The highest BCUT2D eigenvalue weighted by Crippen LogP contribution is 2.19. The molecular formula is C20H33IN4O3. The third-order valence-electron chi connectivity index (χ3n) is 4.62. The summed E-state index contributed by atoms with van der Waals surface area (Å²) in [5, 5.41) is 9.19. The van der Waals surface area contributed by atoms with Gasteiger partial charge in [-0.1, -0.05) is 37.8 Å². The number of benzene rings is 1. The van der Waals surface area contributed by atoms with Crippen molar-refractivity contribution in [1.82, 2.24) is 10.6 Å². The van der Waals surface area contributed by atoms with Crippen molar-refractivity contribution >= 4 is 41.7 Å². The number of guanidine groups is 1. The molecule has 0 bridgehead atoms. The van der Waals surface area contributed by atoms with E-state index in [1.807, 2.05) is 24.3 Å². The molecule has 28 heavy (non-hydrogen) atoms. The van der Waals surface area contributed by atoms with Gasteiger partial charge < -0.3 is 20.1 Å². The van der Waals surface area contributed by atoms with Crippen LogP contribution in [0.2, 0.25) is 0 Å². The highest BCUT2D eigenvalue weighted by atomic mass is 127. The van der Waals surface area contributed by atoms with Crippen molar-refractivity contribution in [3.05, 3.63) is 29.8 Å². The van der Waals surface area contributed by atoms with E-state index in [0.29, 0.717) is 24.9 Å². The number of nitrogens with one attached hydrogen (secondary N) is 3. The summed E-state index contributed by atoms with van der Waals surface area (Å²) in [6, 6.07) is 7.57. The van der Waals surface area contributed by atoms with E-state index in [1.165, 1.54) is 45.6 Å². The van der Waals surface area contributed by atoms with E-state index >= 15 is 0 Å². The molecule has 0 unspecified atom stereocenters. The molecule has 1 aliphatic carbocycles. The Morgan fingerprint density at radius 3 is 2.39 bits per heavy atom. The molecule has 0 radical (unpaired) electrons. The number of anilines is 1. The van der Waals surface area contributed by atoms with Gasteiger partial charge in [0.05, 0.1) is 19.8 Å². The zero-order chi connectivity index (χ0) is 19.3. The third-order valence-corrected chi connectivity index (χ3v) is 4.62. The minimum Gasteiger partial charge on any atom is -0.453 e. The van der Waals surface area contributed by atoms with Crippen LogP contribution in [0.4, 0.5) is 10.5 Å². The van der Waals surface area contributed by atoms with Gasteiger partial charge in [0.1, 0.15) is 0 Å². The highest BCUT2D eigenvalue weighted by Gasteiger charge is 2.12. The third kappa shape index (κ3) is 9.59. The van der Waals surface area contributed by atoms with E-state index in [-0.39, 0.29) is 24.0 Å². The second-order valence-corrected chi connectivity index (χ2v) is 6.65. The largest absolute Gasteiger partial charge is 0.453 e. The van der Waals surface area contributed by atoms with Crippen LogP contribution in [0.5, 0.6) is 0 Å². The van der Waals surface area contributed by atoms with Gasteiger partial charge >= 0.3 is 6.09 Å². The number of hydrogen-bond donors (Lipinski definition) is 3. The predicted octanol–water partition coefficient (Wildman–Crippen LogP) is 3.89. The van der Waals surface area contributed by atoms with Gasteiger partial charge in [-0.25, -0.2) is 4.79 Å². The lowest BCUT2D eigenvalue weighted by Crippen LogP contribution is -2.38. The summed E-state index contributed by atoms with van der Waals surface area (Å²) in [4.78, 5) is 15.4. The van der Waals surface area contributed by atoms with E-state index in [1.54, 1.807) is 7.05 Å². The lowest BCUT2D eigenvalue weighted by molar-refractivity contribution is 0.0468. The van der Waals surface area contributed by atoms with Crippen LogP contribution in [-0.4, -0.2) is 45.5 Å². The first-order chi connectivity index (χ1) is 13.2. The van der Waals surface area contributed by atoms with E-state index in [2.05, 4.69) is 25.7 Å². The van der Waals surface area contributed by atoms with Gasteiger partial charge in [-0.2, -0.15) is 0 Å². The Kier molecular flexibility index (Phi) is 12.6. The van der Waals surface area contributed by atoms with Crippen LogP contribution >= 0.6 is 24.0 Å². The lowest BCUT2D eigenvalue weighted by atomic mass is 10.1. The molecule has 7 nitrogen and oxygen atoms in total. The maximum atomic E-state index is 11.2. The van der Waals surface area contributed by atoms with Gasteiger partial charge in [-0.3, -0.25) is 10.3 Å². The molecule has 1 aromatic rings. The molecule has 0 heterocycles. The fraction of sp³-hybridized carbons (Fsp3) is 0.600. The van der Waals surface area contributed by atoms with E-state index in [0.717, 1.165) is 18.1 Å². The molecule has 1 aliphatic rings. The van der Waals surface area contributed by atoms with E-state index in [4.69, 9.17) is 4.74 Å². The number of carbonyl (C=O) groups is 1. The van der Waals surface area contributed by atoms with E-state index < -0.39 is 6.09 Å². The molecule has 1 saturated carbocycles. The number of halogens is 1. The summed E-state index contributed by atoms with van der Waals surface area (Å²) >= 11 is 0. The first kappa shape index (κ1) is 24.5. The van der Waals surface area contributed by atoms with Crippen LogP contribution in [0.15, 0.2) is 29.3 Å². The fourth-order valence-electron chi connectivity index (χ4n) is 3.08. The van der Waals surface area contributed by atoms with E-state index in [9.17, 15) is 4.79 Å². The van der Waals surface area contributed by atoms with Crippen molar-refractivity contribution in [2.45, 2.75) is 51.2 Å². The van der Waals surface area contributed by atoms with Gasteiger partial charge in [0.25, 0.3) is 0 Å². The molecule has 158 valence electrons. The van der Waals surface area contributed by atoms with Crippen LogP contribution in [0.1, 0.15) is 44.1 Å². The Labute approximate surface area is 185 Å². The van der Waals surface area contributed by atoms with Crippen molar-refractivity contribution in [2.24, 2.45) is 4.99 Å². The topological polar surface area (TPSA) is 84.0 Å². The van der Waals surface area contributed by atoms with Crippen molar-refractivity contribution in [3.63, 3.8) is 0 Å². The van der Waals surface area contributed by atoms with Gasteiger partial charge in [-0.15, -0.1) is 24.0 Å². The molecule has 1 fully saturated rings. The summed E-state index contributed by atoms with van der Waals surface area (Å²) in [5.41, 5.74) is 1.78. The minimum absolute atomic E-state index is 0. The minimum atomic E-state index is -0.475. The zero-order valence-corrected chi connectivity index (χ0v) is 19.2. The number of nitrogens with zero attached hydrogens (tertiary/aromatic N) is 1. The molecule has 2 rings (SSSR count). The Bertz CT molecular complexity index is 588. The van der Waals surface area contributed by atoms with Crippen molar-refractivity contribution in [1.29, 1.82) is 0 Å². The highest BCUT2D eigenvalue weighted by molar-refractivity contribution is 14.0. The zero-order valence-electron chi connectivity index (χ0n) is 16.8. The number of ether oxygens (including phenoxy) is 2. The average molecular weight is 504 g/mol. The Balaban J connectivity index is 0.00000392. The van der Waals surface area contributed by atoms with Gasteiger partial charge in [0.2, 0.25) is 0 Å². The summed E-state index contributed by atoms with van der Waals surface area (Å²) in [6.07, 6.45) is 7.58. The van der Waals surface area contributed by atoms with Crippen LogP contribution in [0.3, 0.4) is 0 Å². The smallest absolute Gasteiger partial charge is 0.411 e. The van der Waals surface area contributed by atoms with Crippen molar-refractivity contribution < 1.29 is 14.3 Å². The molecular weight excluding hydrogens is 471 g/mol. The second-order valence-electron chi connectivity index (χ2n) is 6.65. The summed E-state index contributed by atoms with van der Waals surface area (Å²) in [5.74, 6) is 0.747. The molecule has 0 aromatic heterocycles. The quantitative estimate of drug-likeness (QED) is 0.173. The summed E-state index contributed by atoms with van der Waals surface area (Å²) in [6.45, 7) is 2.07. The summed E-state index contributed by atoms with van der Waals surface area (Å²) < 4.78 is 10.6. The summed E-state index contributed by atoms with van der Waals surface area (Å²) in [7, 11) is 3.10. The van der Waals surface area contributed by atoms with Gasteiger partial charge in [0.15, 0.2) is 5.96 Å². The number of carbonyl (C=O) groups excluding carboxylic acids is 1. The Morgan fingerprint density at radius 2 is 1.79 bits per heavy atom. The first-order valence-electron chi connectivity index (χ1n) is 9.71. The average Bonchev–Trinajstić information content (AvgIpc) is 2.97. The Hall–Kier alpha value is -1.55. The van der Waals surface area contributed by atoms with Crippen LogP contribution in [0, 0.1) is 0 Å². The van der Waals surface area contributed by atoms with Gasteiger partial charge in [0, 0.05) is 25.8 Å². The maximum absolute atomic E-state index is 11.2. The molecule has 1 aromatic carbocycles. The van der Waals surface area contributed by atoms with Crippen molar-refractivity contribution in [2.75, 3.05) is 32.6 Å². The molecule has 0 atom stereocenters. The molecule has 0 spiro atoms. The predicted molar refractivity (Wildman–Crippen MR) is 124 cm³/mol. The number of hydrogen-bond acceptors (Lipinski definition) is 4. The Morgan fingerprint density at radius 1 is 1.11 bits per heavy atom. The normalized spacial score (nSPS) is 15.1. The number of rotatable bonds is 7. The van der Waals surface area contributed by atoms with Crippen LogP contribution in [0.25, 0.3) is 0 Å². The number of amides is 1. The van der Waals surface area contributed by atoms with Gasteiger partial charge in [-0.05, 0) is 30.5 Å². The monoisotopic (exact) mass is 504 g/mol. The lowest BCUT2D eigenvalue weighted by Gasteiger charge is -2.17.